The van der Waals surface area contributed by atoms with E-state index in [-0.39, 0.29) is 18.0 Å². The van der Waals surface area contributed by atoms with Crippen molar-refractivity contribution in [3.05, 3.63) is 17.9 Å². The Kier molecular flexibility index (Phi) is 1.78. The molecule has 0 aromatic heterocycles. The number of nitrogen functional groups attached to an aromatic ring is 1. The molecule has 2 atom stereocenters. The van der Waals surface area contributed by atoms with E-state index in [4.69, 9.17) is 15.2 Å². The number of nitrogens with two attached hydrogens (primary N) is 1. The van der Waals surface area contributed by atoms with Crippen LogP contribution in [0.5, 0.6) is 11.5 Å². The molecule has 0 spiro atoms. The monoisotopic (exact) mass is 209 g/mol. The fourth-order valence-corrected chi connectivity index (χ4v) is 2.28. The molecule has 1 fully saturated rings. The van der Waals surface area contributed by atoms with E-state index in [0.29, 0.717) is 17.2 Å². The summed E-state index contributed by atoms with van der Waals surface area (Å²) in [5.41, 5.74) is 6.00. The molecule has 0 radical (unpaired) electrons. The van der Waals surface area contributed by atoms with Crippen LogP contribution in [0, 0.1) is 5.82 Å². The fourth-order valence-electron chi connectivity index (χ4n) is 2.28. The maximum atomic E-state index is 13.1. The highest BCUT2D eigenvalue weighted by atomic mass is 19.1. The van der Waals surface area contributed by atoms with E-state index in [1.54, 1.807) is 0 Å². The molecule has 4 heteroatoms. The number of anilines is 1. The number of rotatable bonds is 0. The van der Waals surface area contributed by atoms with Crippen LogP contribution in [0.4, 0.5) is 10.1 Å². The zero-order valence-electron chi connectivity index (χ0n) is 8.20. The maximum absolute atomic E-state index is 13.1. The molecule has 1 heterocycles. The van der Waals surface area contributed by atoms with E-state index in [9.17, 15) is 4.39 Å². The average molecular weight is 209 g/mol. The van der Waals surface area contributed by atoms with Crippen molar-refractivity contribution in [2.45, 2.75) is 31.5 Å². The van der Waals surface area contributed by atoms with Crippen LogP contribution in [-0.2, 0) is 0 Å². The Morgan fingerprint density at radius 1 is 1.20 bits per heavy atom. The SMILES string of the molecule is Nc1cc(F)cc2c1O[C@@H]1CCC[C@@H]1O2. The van der Waals surface area contributed by atoms with Crippen molar-refractivity contribution in [2.75, 3.05) is 5.73 Å². The molecule has 0 unspecified atom stereocenters. The van der Waals surface area contributed by atoms with Crippen molar-refractivity contribution in [2.24, 2.45) is 0 Å². The highest BCUT2D eigenvalue weighted by molar-refractivity contribution is 5.61. The van der Waals surface area contributed by atoms with Crippen molar-refractivity contribution >= 4 is 5.69 Å². The summed E-state index contributed by atoms with van der Waals surface area (Å²) < 4.78 is 24.5. The van der Waals surface area contributed by atoms with Crippen LogP contribution in [0.1, 0.15) is 19.3 Å². The minimum absolute atomic E-state index is 0.0682. The third kappa shape index (κ3) is 1.32. The number of hydrogen-bond donors (Lipinski definition) is 1. The number of ether oxygens (including phenoxy) is 2. The second-order valence-electron chi connectivity index (χ2n) is 4.07. The summed E-state index contributed by atoms with van der Waals surface area (Å²) in [7, 11) is 0. The highest BCUT2D eigenvalue weighted by Gasteiger charge is 2.36. The van der Waals surface area contributed by atoms with Crippen LogP contribution < -0.4 is 15.2 Å². The fraction of sp³-hybridized carbons (Fsp3) is 0.455. The molecule has 80 valence electrons. The molecule has 1 saturated carbocycles. The molecular formula is C11H12FNO2. The first-order chi connectivity index (χ1) is 7.24. The van der Waals surface area contributed by atoms with Gasteiger partial charge in [0, 0.05) is 12.1 Å². The van der Waals surface area contributed by atoms with E-state index in [0.717, 1.165) is 19.3 Å². The summed E-state index contributed by atoms with van der Waals surface area (Å²) in [5.74, 6) is 0.557. The van der Waals surface area contributed by atoms with Crippen molar-refractivity contribution in [1.82, 2.24) is 0 Å². The Hall–Kier alpha value is -1.45. The number of benzene rings is 1. The summed E-state index contributed by atoms with van der Waals surface area (Å²) in [5, 5.41) is 0. The quantitative estimate of drug-likeness (QED) is 0.665. The zero-order chi connectivity index (χ0) is 10.4. The average Bonchev–Trinajstić information content (AvgIpc) is 2.61. The van der Waals surface area contributed by atoms with Gasteiger partial charge >= 0.3 is 0 Å². The van der Waals surface area contributed by atoms with E-state index < -0.39 is 0 Å². The van der Waals surface area contributed by atoms with Crippen LogP contribution in [0.25, 0.3) is 0 Å². The van der Waals surface area contributed by atoms with Gasteiger partial charge in [0.05, 0.1) is 5.69 Å². The van der Waals surface area contributed by atoms with Gasteiger partial charge in [-0.1, -0.05) is 0 Å². The van der Waals surface area contributed by atoms with Gasteiger partial charge in [-0.05, 0) is 19.3 Å². The Balaban J connectivity index is 2.03. The van der Waals surface area contributed by atoms with Crippen molar-refractivity contribution in [3.63, 3.8) is 0 Å². The molecule has 15 heavy (non-hydrogen) atoms. The lowest BCUT2D eigenvalue weighted by Gasteiger charge is -2.30. The molecule has 1 aromatic carbocycles. The predicted octanol–water partition coefficient (Wildman–Crippen LogP) is 2.10. The second kappa shape index (κ2) is 3.02. The summed E-state index contributed by atoms with van der Waals surface area (Å²) in [4.78, 5) is 0. The van der Waals surface area contributed by atoms with Crippen molar-refractivity contribution in [1.29, 1.82) is 0 Å². The van der Waals surface area contributed by atoms with Gasteiger partial charge < -0.3 is 15.2 Å². The van der Waals surface area contributed by atoms with E-state index in [1.807, 2.05) is 0 Å². The van der Waals surface area contributed by atoms with Crippen LogP contribution in [0.3, 0.4) is 0 Å². The van der Waals surface area contributed by atoms with E-state index in [1.165, 1.54) is 12.1 Å². The van der Waals surface area contributed by atoms with Crippen molar-refractivity contribution < 1.29 is 13.9 Å². The lowest BCUT2D eigenvalue weighted by Crippen LogP contribution is -2.35. The first-order valence-electron chi connectivity index (χ1n) is 5.16. The molecule has 2 aliphatic rings. The molecule has 0 saturated heterocycles. The number of fused-ring (bicyclic) bond motifs is 2. The molecule has 1 aliphatic carbocycles. The summed E-state index contributed by atoms with van der Waals surface area (Å²) >= 11 is 0. The number of hydrogen-bond acceptors (Lipinski definition) is 3. The Bertz CT molecular complexity index is 408. The molecule has 3 nitrogen and oxygen atoms in total. The van der Waals surface area contributed by atoms with Gasteiger partial charge in [0.2, 0.25) is 0 Å². The summed E-state index contributed by atoms with van der Waals surface area (Å²) in [6.07, 6.45) is 3.21. The van der Waals surface area contributed by atoms with Gasteiger partial charge in [-0.25, -0.2) is 4.39 Å². The third-order valence-electron chi connectivity index (χ3n) is 2.99. The molecule has 3 rings (SSSR count). The summed E-state index contributed by atoms with van der Waals surface area (Å²) in [6.45, 7) is 0. The topological polar surface area (TPSA) is 44.5 Å². The van der Waals surface area contributed by atoms with E-state index in [2.05, 4.69) is 0 Å². The standard InChI is InChI=1S/C11H12FNO2/c12-6-4-7(13)11-10(5-6)14-8-2-1-3-9(8)15-11/h4-5,8-9H,1-3,13H2/t8-,9+/m0/s1. The maximum Gasteiger partial charge on any atom is 0.184 e. The lowest BCUT2D eigenvalue weighted by atomic mass is 10.2. The minimum Gasteiger partial charge on any atom is -0.482 e. The minimum atomic E-state index is -0.383. The molecule has 1 aliphatic heterocycles. The zero-order valence-corrected chi connectivity index (χ0v) is 8.20. The second-order valence-corrected chi connectivity index (χ2v) is 4.07. The van der Waals surface area contributed by atoms with Gasteiger partial charge in [0.25, 0.3) is 0 Å². The molecule has 0 bridgehead atoms. The van der Waals surface area contributed by atoms with Gasteiger partial charge in [0.15, 0.2) is 11.5 Å². The Labute approximate surface area is 87.0 Å². The van der Waals surface area contributed by atoms with E-state index >= 15 is 0 Å². The third-order valence-corrected chi connectivity index (χ3v) is 2.99. The first kappa shape index (κ1) is 8.83. The van der Waals surface area contributed by atoms with Gasteiger partial charge in [-0.2, -0.15) is 0 Å². The number of halogens is 1. The first-order valence-corrected chi connectivity index (χ1v) is 5.16. The molecule has 1 aromatic rings. The van der Waals surface area contributed by atoms with Crippen LogP contribution in [-0.4, -0.2) is 12.2 Å². The highest BCUT2D eigenvalue weighted by Crippen LogP contribution is 2.43. The van der Waals surface area contributed by atoms with Gasteiger partial charge in [-0.3, -0.25) is 0 Å². The lowest BCUT2D eigenvalue weighted by molar-refractivity contribution is 0.0434. The molecule has 0 amide bonds. The van der Waals surface area contributed by atoms with Crippen LogP contribution in [0.15, 0.2) is 12.1 Å². The van der Waals surface area contributed by atoms with Crippen LogP contribution >= 0.6 is 0 Å². The molecular weight excluding hydrogens is 197 g/mol. The summed E-state index contributed by atoms with van der Waals surface area (Å²) in [6, 6.07) is 2.59. The van der Waals surface area contributed by atoms with Gasteiger partial charge in [-0.15, -0.1) is 0 Å². The molecule has 2 N–H and O–H groups in total. The van der Waals surface area contributed by atoms with Crippen molar-refractivity contribution in [3.8, 4) is 11.5 Å². The Morgan fingerprint density at radius 2 is 1.93 bits per heavy atom. The van der Waals surface area contributed by atoms with Gasteiger partial charge in [0.1, 0.15) is 18.0 Å². The van der Waals surface area contributed by atoms with Crippen LogP contribution in [0.2, 0.25) is 0 Å². The largest absolute Gasteiger partial charge is 0.482 e. The smallest absolute Gasteiger partial charge is 0.184 e. The normalized spacial score (nSPS) is 27.5. The predicted molar refractivity (Wildman–Crippen MR) is 53.5 cm³/mol. The Morgan fingerprint density at radius 3 is 2.73 bits per heavy atom.